The molecule has 186 valence electrons. The highest BCUT2D eigenvalue weighted by Gasteiger charge is 2.30. The van der Waals surface area contributed by atoms with Gasteiger partial charge in [-0.2, -0.15) is 0 Å². The second-order valence-corrected chi connectivity index (χ2v) is 9.45. The van der Waals surface area contributed by atoms with Crippen molar-refractivity contribution in [3.63, 3.8) is 0 Å². The minimum Gasteiger partial charge on any atom is -0.481 e. The molecule has 0 aromatic heterocycles. The fourth-order valence-corrected chi connectivity index (χ4v) is 5.04. The van der Waals surface area contributed by atoms with Crippen LogP contribution < -0.4 is 10.6 Å². The third kappa shape index (κ3) is 6.19. The van der Waals surface area contributed by atoms with Crippen molar-refractivity contribution in [1.82, 2.24) is 15.5 Å². The van der Waals surface area contributed by atoms with Crippen molar-refractivity contribution in [2.24, 2.45) is 5.92 Å². The number of aliphatic carboxylic acids is 1. The molecule has 3 N–H and O–H groups in total. The third-order valence-corrected chi connectivity index (χ3v) is 7.02. The number of nitrogens with zero attached hydrogens (tertiary/aromatic N) is 1. The van der Waals surface area contributed by atoms with Gasteiger partial charge >= 0.3 is 12.1 Å². The van der Waals surface area contributed by atoms with Crippen LogP contribution in [0.2, 0.25) is 0 Å². The second-order valence-electron chi connectivity index (χ2n) is 9.45. The Bertz CT molecular complexity index is 1020. The van der Waals surface area contributed by atoms with Crippen LogP contribution in [-0.2, 0) is 14.3 Å². The Hall–Kier alpha value is -3.39. The highest BCUT2D eigenvalue weighted by atomic mass is 16.5. The average molecular weight is 480 g/mol. The second kappa shape index (κ2) is 11.4. The van der Waals surface area contributed by atoms with Crippen LogP contribution in [0.15, 0.2) is 48.5 Å². The number of alkyl carbamates (subject to hydrolysis) is 1. The Kier molecular flexibility index (Phi) is 8.02. The smallest absolute Gasteiger partial charge is 0.407 e. The van der Waals surface area contributed by atoms with Gasteiger partial charge in [-0.3, -0.25) is 9.59 Å². The van der Waals surface area contributed by atoms with E-state index in [2.05, 4.69) is 22.6 Å². The molecule has 0 spiro atoms. The number of likely N-dealkylation sites (tertiary alicyclic amines) is 1. The average Bonchev–Trinajstić information content (AvgIpc) is 3.17. The van der Waals surface area contributed by atoms with Crippen molar-refractivity contribution in [2.75, 3.05) is 33.3 Å². The fraction of sp³-hybridized carbons (Fsp3) is 0.444. The molecule has 1 unspecified atom stereocenters. The minimum absolute atomic E-state index is 0.0946. The maximum atomic E-state index is 12.6. The zero-order valence-electron chi connectivity index (χ0n) is 20.0. The summed E-state index contributed by atoms with van der Waals surface area (Å²) in [6.45, 7) is 2.64. The first-order chi connectivity index (χ1) is 16.9. The molecule has 0 bridgehead atoms. The Labute approximate surface area is 205 Å². The molecular formula is C27H33N3O5. The number of rotatable bonds is 9. The first kappa shape index (κ1) is 24.7. The molecule has 8 heteroatoms. The van der Waals surface area contributed by atoms with Crippen LogP contribution >= 0.6 is 0 Å². The molecule has 2 aromatic carbocycles. The maximum Gasteiger partial charge on any atom is 0.407 e. The third-order valence-electron chi connectivity index (χ3n) is 7.02. The topological polar surface area (TPSA) is 108 Å². The van der Waals surface area contributed by atoms with Gasteiger partial charge < -0.3 is 25.4 Å². The molecule has 1 aliphatic heterocycles. The number of nitrogens with one attached hydrogen (secondary N) is 2. The Morgan fingerprint density at radius 2 is 1.63 bits per heavy atom. The van der Waals surface area contributed by atoms with E-state index in [-0.39, 0.29) is 12.5 Å². The van der Waals surface area contributed by atoms with E-state index >= 15 is 0 Å². The highest BCUT2D eigenvalue weighted by Crippen LogP contribution is 2.44. The first-order valence-corrected chi connectivity index (χ1v) is 12.2. The molecule has 2 amide bonds. The summed E-state index contributed by atoms with van der Waals surface area (Å²) in [6.07, 6.45) is 1.70. The fourth-order valence-electron chi connectivity index (χ4n) is 5.04. The van der Waals surface area contributed by atoms with Crippen LogP contribution in [0.5, 0.6) is 0 Å². The van der Waals surface area contributed by atoms with Crippen molar-refractivity contribution in [2.45, 2.75) is 37.6 Å². The van der Waals surface area contributed by atoms with Crippen LogP contribution in [0.1, 0.15) is 42.7 Å². The summed E-state index contributed by atoms with van der Waals surface area (Å²) < 4.78 is 5.48. The highest BCUT2D eigenvalue weighted by molar-refractivity contribution is 5.89. The Morgan fingerprint density at radius 1 is 1.03 bits per heavy atom. The number of hydrogen-bond acceptors (Lipinski definition) is 5. The summed E-state index contributed by atoms with van der Waals surface area (Å²) in [5.41, 5.74) is 4.39. The summed E-state index contributed by atoms with van der Waals surface area (Å²) in [4.78, 5) is 38.8. The summed E-state index contributed by atoms with van der Waals surface area (Å²) in [5, 5.41) is 14.5. The minimum atomic E-state index is -1.19. The van der Waals surface area contributed by atoms with E-state index in [0.717, 1.165) is 54.6 Å². The van der Waals surface area contributed by atoms with Crippen molar-refractivity contribution >= 4 is 18.0 Å². The molecule has 1 saturated heterocycles. The SMILES string of the molecule is CN1CCC(CCNC(=O)C(CC(=O)O)NC(=O)OCC2c3ccccc3-c3ccccc32)CC1. The molecule has 4 rings (SSSR count). The van der Waals surface area contributed by atoms with Gasteiger partial charge in [-0.05, 0) is 67.6 Å². The lowest BCUT2D eigenvalue weighted by atomic mass is 9.94. The van der Waals surface area contributed by atoms with Crippen molar-refractivity contribution in [3.05, 3.63) is 59.7 Å². The van der Waals surface area contributed by atoms with E-state index in [1.165, 1.54) is 0 Å². The number of amides is 2. The standard InChI is InChI=1S/C27H33N3O5/c1-30-14-11-18(12-15-30)10-13-28-26(33)24(16-25(31)32)29-27(34)35-17-23-21-8-4-2-6-19(21)20-7-3-5-9-22(20)23/h2-9,18,23-24H,10-17H2,1H3,(H,28,33)(H,29,34)(H,31,32). The van der Waals surface area contributed by atoms with Gasteiger partial charge in [0.15, 0.2) is 0 Å². The molecule has 2 aliphatic rings. The predicted octanol–water partition coefficient (Wildman–Crippen LogP) is 3.22. The van der Waals surface area contributed by atoms with Gasteiger partial charge in [0.2, 0.25) is 5.91 Å². The molecule has 0 saturated carbocycles. The van der Waals surface area contributed by atoms with Crippen LogP contribution in [0.3, 0.4) is 0 Å². The zero-order chi connectivity index (χ0) is 24.8. The van der Waals surface area contributed by atoms with Gasteiger partial charge in [0.05, 0.1) is 6.42 Å². The lowest BCUT2D eigenvalue weighted by Crippen LogP contribution is -2.48. The summed E-state index contributed by atoms with van der Waals surface area (Å²) in [5.74, 6) is -1.25. The molecule has 1 aliphatic carbocycles. The number of fused-ring (bicyclic) bond motifs is 3. The lowest BCUT2D eigenvalue weighted by Gasteiger charge is -2.29. The summed E-state index contributed by atoms with van der Waals surface area (Å²) in [6, 6.07) is 14.8. The van der Waals surface area contributed by atoms with Gasteiger partial charge in [0, 0.05) is 12.5 Å². The number of hydrogen-bond donors (Lipinski definition) is 3. The molecule has 1 atom stereocenters. The van der Waals surface area contributed by atoms with E-state index in [4.69, 9.17) is 4.74 Å². The van der Waals surface area contributed by atoms with Crippen molar-refractivity contribution in [1.29, 1.82) is 0 Å². The largest absolute Gasteiger partial charge is 0.481 e. The Balaban J connectivity index is 1.31. The number of benzene rings is 2. The molecule has 8 nitrogen and oxygen atoms in total. The van der Waals surface area contributed by atoms with E-state index in [1.807, 2.05) is 48.5 Å². The van der Waals surface area contributed by atoms with Crippen molar-refractivity contribution < 1.29 is 24.2 Å². The summed E-state index contributed by atoms with van der Waals surface area (Å²) in [7, 11) is 2.10. The maximum absolute atomic E-state index is 12.6. The van der Waals surface area contributed by atoms with E-state index < -0.39 is 30.4 Å². The van der Waals surface area contributed by atoms with Crippen LogP contribution in [-0.4, -0.2) is 67.3 Å². The quantitative estimate of drug-likeness (QED) is 0.510. The number of carbonyl (C=O) groups excluding carboxylic acids is 2. The van der Waals surface area contributed by atoms with Crippen LogP contribution in [0.4, 0.5) is 4.79 Å². The lowest BCUT2D eigenvalue weighted by molar-refractivity contribution is -0.139. The normalized spacial score (nSPS) is 16.7. The monoisotopic (exact) mass is 479 g/mol. The summed E-state index contributed by atoms with van der Waals surface area (Å²) >= 11 is 0. The van der Waals surface area contributed by atoms with Gasteiger partial charge in [-0.15, -0.1) is 0 Å². The van der Waals surface area contributed by atoms with Gasteiger partial charge in [-0.1, -0.05) is 48.5 Å². The molecule has 35 heavy (non-hydrogen) atoms. The molecule has 0 radical (unpaired) electrons. The molecule has 1 heterocycles. The van der Waals surface area contributed by atoms with Gasteiger partial charge in [0.25, 0.3) is 0 Å². The van der Waals surface area contributed by atoms with E-state index in [1.54, 1.807) is 0 Å². The molecule has 1 fully saturated rings. The number of carbonyl (C=O) groups is 3. The number of carboxylic acids is 1. The number of carboxylic acid groups (broad SMARTS) is 1. The zero-order valence-corrected chi connectivity index (χ0v) is 20.0. The van der Waals surface area contributed by atoms with E-state index in [0.29, 0.717) is 12.5 Å². The predicted molar refractivity (Wildman–Crippen MR) is 132 cm³/mol. The van der Waals surface area contributed by atoms with Gasteiger partial charge in [0.1, 0.15) is 12.6 Å². The van der Waals surface area contributed by atoms with Crippen LogP contribution in [0.25, 0.3) is 11.1 Å². The number of piperidine rings is 1. The Morgan fingerprint density at radius 3 is 2.23 bits per heavy atom. The molecular weight excluding hydrogens is 446 g/mol. The van der Waals surface area contributed by atoms with Crippen molar-refractivity contribution in [3.8, 4) is 11.1 Å². The number of ether oxygens (including phenoxy) is 1. The van der Waals surface area contributed by atoms with Gasteiger partial charge in [-0.25, -0.2) is 4.79 Å². The molecule has 2 aromatic rings. The first-order valence-electron chi connectivity index (χ1n) is 12.2. The van der Waals surface area contributed by atoms with E-state index in [9.17, 15) is 19.5 Å². The van der Waals surface area contributed by atoms with Crippen LogP contribution in [0, 0.1) is 5.92 Å².